The first-order valence-electron chi connectivity index (χ1n) is 10.7. The molecule has 160 valence electrons. The molecule has 0 radical (unpaired) electrons. The van der Waals surface area contributed by atoms with Crippen molar-refractivity contribution in [3.8, 4) is 0 Å². The van der Waals surface area contributed by atoms with Gasteiger partial charge in [-0.2, -0.15) is 0 Å². The largest absolute Gasteiger partial charge is 0.468 e. The molecular weight excluding hydrogens is 491 g/mol. The second kappa shape index (κ2) is 8.12. The zero-order valence-electron chi connectivity index (χ0n) is 18.7. The van der Waals surface area contributed by atoms with Gasteiger partial charge in [0.1, 0.15) is 5.41 Å². The van der Waals surface area contributed by atoms with E-state index in [4.69, 9.17) is 9.16 Å². The number of carbonyl (C=O) groups is 1. The molecule has 0 heterocycles. The van der Waals surface area contributed by atoms with Crippen molar-refractivity contribution < 1.29 is 14.0 Å². The van der Waals surface area contributed by atoms with Gasteiger partial charge in [-0.25, -0.2) is 0 Å². The molecule has 0 bridgehead atoms. The van der Waals surface area contributed by atoms with Gasteiger partial charge in [0.2, 0.25) is 0 Å². The summed E-state index contributed by atoms with van der Waals surface area (Å²) >= 11 is 2.37. The van der Waals surface area contributed by atoms with Gasteiger partial charge in [-0.05, 0) is 96.5 Å². The third kappa shape index (κ3) is 4.11. The summed E-state index contributed by atoms with van der Waals surface area (Å²) in [5, 5.41) is 0.0842. The minimum absolute atomic E-state index is 0.0842. The van der Waals surface area contributed by atoms with Crippen molar-refractivity contribution in [2.75, 3.05) is 7.11 Å². The standard InChI is InChI=1S/C24H35IO3Si/c1-22(2,3)29(5,6)28-24(19-13-8-7-9-14-19)17-23(24,21(26)27-4)16-18-12-10-11-15-20(18)25/h10-13,15H,7-9,14,16-17H2,1-6H3/t23-,24-/m1/s1. The van der Waals surface area contributed by atoms with Crippen LogP contribution in [0.3, 0.4) is 0 Å². The number of hydrogen-bond donors (Lipinski definition) is 0. The number of halogens is 1. The third-order valence-electron chi connectivity index (χ3n) is 7.27. The Morgan fingerprint density at radius 3 is 2.45 bits per heavy atom. The molecule has 1 fully saturated rings. The molecule has 1 saturated carbocycles. The molecule has 0 amide bonds. The summed E-state index contributed by atoms with van der Waals surface area (Å²) in [5.74, 6) is -0.123. The SMILES string of the molecule is COC(=O)[C@@]1(Cc2ccccc2I)C[C@@]1(O[Si](C)(C)C(C)(C)C)C1=CCCCC1. The summed E-state index contributed by atoms with van der Waals surface area (Å²) in [6, 6.07) is 8.35. The van der Waals surface area contributed by atoms with E-state index in [0.29, 0.717) is 6.42 Å². The van der Waals surface area contributed by atoms with Crippen LogP contribution in [0.4, 0.5) is 0 Å². The van der Waals surface area contributed by atoms with Gasteiger partial charge in [-0.3, -0.25) is 4.79 Å². The first kappa shape index (κ1) is 23.0. The molecule has 0 aromatic heterocycles. The van der Waals surface area contributed by atoms with Crippen LogP contribution in [0.15, 0.2) is 35.9 Å². The van der Waals surface area contributed by atoms with E-state index in [2.05, 4.69) is 80.7 Å². The molecule has 3 nitrogen and oxygen atoms in total. The van der Waals surface area contributed by atoms with Crippen LogP contribution in [0.25, 0.3) is 0 Å². The molecular formula is C24H35IO3Si. The van der Waals surface area contributed by atoms with Crippen molar-refractivity contribution in [1.29, 1.82) is 0 Å². The van der Waals surface area contributed by atoms with Crippen molar-refractivity contribution in [2.45, 2.75) is 83.0 Å². The lowest BCUT2D eigenvalue weighted by Crippen LogP contribution is -2.49. The second-order valence-corrected chi connectivity index (χ2v) is 16.1. The summed E-state index contributed by atoms with van der Waals surface area (Å²) in [6.45, 7) is 11.4. The Morgan fingerprint density at radius 1 is 1.21 bits per heavy atom. The Kier molecular flexibility index (Phi) is 6.44. The van der Waals surface area contributed by atoms with Gasteiger partial charge in [-0.15, -0.1) is 0 Å². The maximum Gasteiger partial charge on any atom is 0.315 e. The number of methoxy groups -OCH3 is 1. The van der Waals surface area contributed by atoms with E-state index >= 15 is 0 Å². The molecule has 0 aliphatic heterocycles. The first-order valence-corrected chi connectivity index (χ1v) is 14.7. The maximum atomic E-state index is 13.3. The lowest BCUT2D eigenvalue weighted by molar-refractivity contribution is -0.149. The minimum atomic E-state index is -2.09. The van der Waals surface area contributed by atoms with Crippen LogP contribution in [0, 0.1) is 8.99 Å². The monoisotopic (exact) mass is 526 g/mol. The number of esters is 1. The number of carbonyl (C=O) groups excluding carboxylic acids is 1. The second-order valence-electron chi connectivity index (χ2n) is 10.2. The fraction of sp³-hybridized carbons (Fsp3) is 0.625. The molecule has 0 saturated heterocycles. The maximum absolute atomic E-state index is 13.3. The van der Waals surface area contributed by atoms with E-state index in [9.17, 15) is 4.79 Å². The van der Waals surface area contributed by atoms with Gasteiger partial charge in [0, 0.05) is 3.57 Å². The van der Waals surface area contributed by atoms with Crippen LogP contribution >= 0.6 is 22.6 Å². The average molecular weight is 527 g/mol. The van der Waals surface area contributed by atoms with E-state index in [0.717, 1.165) is 19.3 Å². The van der Waals surface area contributed by atoms with Crippen LogP contribution < -0.4 is 0 Å². The molecule has 2 aliphatic rings. The quantitative estimate of drug-likeness (QED) is 0.180. The molecule has 5 heteroatoms. The van der Waals surface area contributed by atoms with Crippen LogP contribution in [-0.4, -0.2) is 27.0 Å². The number of rotatable bonds is 6. The predicted molar refractivity (Wildman–Crippen MR) is 129 cm³/mol. The summed E-state index contributed by atoms with van der Waals surface area (Å²) < 4.78 is 13.8. The molecule has 0 unspecified atom stereocenters. The fourth-order valence-corrected chi connectivity index (χ4v) is 6.63. The number of allylic oxidation sites excluding steroid dienone is 1. The molecule has 29 heavy (non-hydrogen) atoms. The van der Waals surface area contributed by atoms with Gasteiger partial charge < -0.3 is 9.16 Å². The molecule has 0 N–H and O–H groups in total. The van der Waals surface area contributed by atoms with Crippen LogP contribution in [0.1, 0.15) is 58.4 Å². The smallest absolute Gasteiger partial charge is 0.315 e. The molecule has 2 atom stereocenters. The van der Waals surface area contributed by atoms with E-state index < -0.39 is 19.3 Å². The van der Waals surface area contributed by atoms with Gasteiger partial charge in [0.05, 0.1) is 12.7 Å². The Hall–Kier alpha value is -0.663. The van der Waals surface area contributed by atoms with Crippen LogP contribution in [0.5, 0.6) is 0 Å². The average Bonchev–Trinajstić information content (AvgIpc) is 3.31. The van der Waals surface area contributed by atoms with E-state index in [-0.39, 0.29) is 11.0 Å². The highest BCUT2D eigenvalue weighted by molar-refractivity contribution is 14.1. The topological polar surface area (TPSA) is 35.5 Å². The zero-order valence-corrected chi connectivity index (χ0v) is 21.9. The highest BCUT2D eigenvalue weighted by Crippen LogP contribution is 2.68. The molecule has 3 rings (SSSR count). The predicted octanol–water partition coefficient (Wildman–Crippen LogP) is 6.66. The highest BCUT2D eigenvalue weighted by atomic mass is 127. The highest BCUT2D eigenvalue weighted by Gasteiger charge is 2.76. The first-order chi connectivity index (χ1) is 13.5. The molecule has 0 spiro atoms. The molecule has 1 aromatic rings. The van der Waals surface area contributed by atoms with E-state index in [1.165, 1.54) is 34.7 Å². The van der Waals surface area contributed by atoms with Gasteiger partial charge in [0.25, 0.3) is 0 Å². The van der Waals surface area contributed by atoms with Crippen LogP contribution in [0.2, 0.25) is 18.1 Å². The lowest BCUT2D eigenvalue weighted by Gasteiger charge is -2.42. The van der Waals surface area contributed by atoms with E-state index in [1.54, 1.807) is 0 Å². The molecule has 2 aliphatic carbocycles. The summed E-state index contributed by atoms with van der Waals surface area (Å²) in [4.78, 5) is 13.3. The normalized spacial score (nSPS) is 27.3. The summed E-state index contributed by atoms with van der Waals surface area (Å²) in [5.41, 5.74) is 1.41. The summed E-state index contributed by atoms with van der Waals surface area (Å²) in [7, 11) is -0.572. The van der Waals surface area contributed by atoms with Crippen molar-refractivity contribution >= 4 is 36.9 Å². The lowest BCUT2D eigenvalue weighted by atomic mass is 9.85. The van der Waals surface area contributed by atoms with Gasteiger partial charge >= 0.3 is 5.97 Å². The Morgan fingerprint density at radius 2 is 1.90 bits per heavy atom. The number of ether oxygens (including phenoxy) is 1. The number of hydrogen-bond acceptors (Lipinski definition) is 3. The zero-order chi connectivity index (χ0) is 21.5. The fourth-order valence-electron chi connectivity index (χ4n) is 4.47. The molecule has 1 aromatic carbocycles. The van der Waals surface area contributed by atoms with Gasteiger partial charge in [0.15, 0.2) is 8.32 Å². The third-order valence-corrected chi connectivity index (χ3v) is 12.8. The Labute approximate surface area is 190 Å². The Bertz CT molecular complexity index is 811. The van der Waals surface area contributed by atoms with Crippen molar-refractivity contribution in [3.63, 3.8) is 0 Å². The van der Waals surface area contributed by atoms with Gasteiger partial charge in [-0.1, -0.05) is 45.0 Å². The van der Waals surface area contributed by atoms with Crippen molar-refractivity contribution in [1.82, 2.24) is 0 Å². The number of benzene rings is 1. The van der Waals surface area contributed by atoms with Crippen LogP contribution in [-0.2, 0) is 20.4 Å². The van der Waals surface area contributed by atoms with Crippen molar-refractivity contribution in [3.05, 3.63) is 45.0 Å². The Balaban J connectivity index is 2.08. The van der Waals surface area contributed by atoms with Crippen molar-refractivity contribution in [2.24, 2.45) is 5.41 Å². The van der Waals surface area contributed by atoms with E-state index in [1.807, 2.05) is 6.07 Å². The summed E-state index contributed by atoms with van der Waals surface area (Å²) in [6.07, 6.45) is 8.27. The minimum Gasteiger partial charge on any atom is -0.468 e.